The summed E-state index contributed by atoms with van der Waals surface area (Å²) in [6.07, 6.45) is 2.48. The van der Waals surface area contributed by atoms with Crippen LogP contribution in [0.25, 0.3) is 0 Å². The summed E-state index contributed by atoms with van der Waals surface area (Å²) in [5.41, 5.74) is 6.60. The molecular formula is C12H18N2O. The van der Waals surface area contributed by atoms with Crippen LogP contribution in [-0.2, 0) is 6.54 Å². The lowest BCUT2D eigenvalue weighted by molar-refractivity contribution is 0.0827. The first-order valence-electron chi connectivity index (χ1n) is 5.21. The van der Waals surface area contributed by atoms with Gasteiger partial charge < -0.3 is 5.73 Å². The van der Waals surface area contributed by atoms with Gasteiger partial charge in [0.2, 0.25) is 0 Å². The van der Waals surface area contributed by atoms with E-state index in [1.807, 2.05) is 26.8 Å². The monoisotopic (exact) mass is 206 g/mol. The zero-order valence-electron chi connectivity index (χ0n) is 9.58. The molecule has 0 saturated heterocycles. The first-order chi connectivity index (χ1) is 7.01. The van der Waals surface area contributed by atoms with Gasteiger partial charge in [0.1, 0.15) is 5.69 Å². The van der Waals surface area contributed by atoms with Gasteiger partial charge in [-0.15, -0.1) is 0 Å². The van der Waals surface area contributed by atoms with Gasteiger partial charge in [-0.25, -0.2) is 0 Å². The summed E-state index contributed by atoms with van der Waals surface area (Å²) in [4.78, 5) is 16.1. The maximum Gasteiger partial charge on any atom is 0.186 e. The molecule has 1 heterocycles. The predicted molar refractivity (Wildman–Crippen MR) is 60.5 cm³/mol. The van der Waals surface area contributed by atoms with Crippen LogP contribution in [0.4, 0.5) is 0 Å². The lowest BCUT2D eigenvalue weighted by Gasteiger charge is -2.20. The minimum Gasteiger partial charge on any atom is -0.326 e. The summed E-state index contributed by atoms with van der Waals surface area (Å²) in [7, 11) is 0. The number of hydrogen-bond acceptors (Lipinski definition) is 3. The number of ketones is 1. The Morgan fingerprint density at radius 2 is 2.13 bits per heavy atom. The molecule has 0 aliphatic carbocycles. The molecule has 2 N–H and O–H groups in total. The molecule has 0 unspecified atom stereocenters. The van der Waals surface area contributed by atoms with E-state index >= 15 is 0 Å². The second-order valence-corrected chi connectivity index (χ2v) is 4.32. The van der Waals surface area contributed by atoms with Gasteiger partial charge in [-0.1, -0.05) is 26.8 Å². The molecule has 0 bridgehead atoms. The zero-order chi connectivity index (χ0) is 11.5. The largest absolute Gasteiger partial charge is 0.326 e. The molecule has 0 aliphatic rings. The molecule has 15 heavy (non-hydrogen) atoms. The summed E-state index contributed by atoms with van der Waals surface area (Å²) < 4.78 is 0. The van der Waals surface area contributed by atoms with E-state index in [-0.39, 0.29) is 11.2 Å². The highest BCUT2D eigenvalue weighted by molar-refractivity contribution is 5.98. The van der Waals surface area contributed by atoms with Gasteiger partial charge in [0.15, 0.2) is 5.78 Å². The summed E-state index contributed by atoms with van der Waals surface area (Å²) in [6.45, 7) is 6.34. The molecular weight excluding hydrogens is 188 g/mol. The maximum absolute atomic E-state index is 12.0. The number of Topliss-reactive ketones (excluding diaryl/α,β-unsaturated/α-hetero) is 1. The molecule has 0 atom stereocenters. The third-order valence-corrected chi connectivity index (χ3v) is 2.79. The summed E-state index contributed by atoms with van der Waals surface area (Å²) in [5.74, 6) is 0.0913. The van der Waals surface area contributed by atoms with Crippen molar-refractivity contribution in [3.8, 4) is 0 Å². The van der Waals surface area contributed by atoms with Crippen molar-refractivity contribution in [2.24, 2.45) is 11.1 Å². The van der Waals surface area contributed by atoms with Crippen LogP contribution >= 0.6 is 0 Å². The van der Waals surface area contributed by atoms with Crippen LogP contribution in [0, 0.1) is 5.41 Å². The van der Waals surface area contributed by atoms with Crippen molar-refractivity contribution >= 4 is 5.78 Å². The first-order valence-corrected chi connectivity index (χ1v) is 5.21. The van der Waals surface area contributed by atoms with Crippen LogP contribution < -0.4 is 5.73 Å². The van der Waals surface area contributed by atoms with E-state index in [0.29, 0.717) is 12.2 Å². The highest BCUT2D eigenvalue weighted by Gasteiger charge is 2.27. The molecule has 0 amide bonds. The van der Waals surface area contributed by atoms with Gasteiger partial charge in [0.05, 0.1) is 0 Å². The topological polar surface area (TPSA) is 56.0 Å². The number of rotatable bonds is 4. The molecule has 0 aliphatic heterocycles. The number of carbonyl (C=O) groups excluding carboxylic acids is 1. The molecule has 1 aromatic rings. The number of nitrogens with zero attached hydrogens (tertiary/aromatic N) is 1. The van der Waals surface area contributed by atoms with E-state index < -0.39 is 0 Å². The Hall–Kier alpha value is -1.22. The molecule has 0 aromatic carbocycles. The van der Waals surface area contributed by atoms with Crippen LogP contribution in [0.2, 0.25) is 0 Å². The van der Waals surface area contributed by atoms with Crippen molar-refractivity contribution in [1.82, 2.24) is 4.98 Å². The number of aromatic nitrogens is 1. The third-order valence-electron chi connectivity index (χ3n) is 2.79. The van der Waals surface area contributed by atoms with Crippen molar-refractivity contribution in [1.29, 1.82) is 0 Å². The first kappa shape index (κ1) is 11.9. The van der Waals surface area contributed by atoms with Gasteiger partial charge >= 0.3 is 0 Å². The van der Waals surface area contributed by atoms with Crippen LogP contribution in [0.1, 0.15) is 43.2 Å². The SMILES string of the molecule is CCC(C)(C)C(=O)c1ccc(CN)cn1. The smallest absolute Gasteiger partial charge is 0.186 e. The van der Waals surface area contributed by atoms with Gasteiger partial charge in [0, 0.05) is 18.2 Å². The molecule has 0 spiro atoms. The summed E-state index contributed by atoms with van der Waals surface area (Å²) in [5, 5.41) is 0. The van der Waals surface area contributed by atoms with E-state index in [0.717, 1.165) is 12.0 Å². The van der Waals surface area contributed by atoms with Crippen LogP contribution in [0.3, 0.4) is 0 Å². The number of hydrogen-bond donors (Lipinski definition) is 1. The second kappa shape index (κ2) is 4.53. The van der Waals surface area contributed by atoms with Gasteiger partial charge in [0.25, 0.3) is 0 Å². The minimum absolute atomic E-state index is 0.0913. The molecule has 0 fully saturated rings. The highest BCUT2D eigenvalue weighted by Crippen LogP contribution is 2.24. The highest BCUT2D eigenvalue weighted by atomic mass is 16.1. The third kappa shape index (κ3) is 2.63. The van der Waals surface area contributed by atoms with E-state index in [4.69, 9.17) is 5.73 Å². The van der Waals surface area contributed by atoms with Crippen molar-refractivity contribution in [3.63, 3.8) is 0 Å². The van der Waals surface area contributed by atoms with Gasteiger partial charge in [-0.3, -0.25) is 9.78 Å². The normalized spacial score (nSPS) is 11.5. The molecule has 0 radical (unpaired) electrons. The number of pyridine rings is 1. The van der Waals surface area contributed by atoms with E-state index in [2.05, 4.69) is 4.98 Å². The lowest BCUT2D eigenvalue weighted by Crippen LogP contribution is -2.24. The molecule has 0 saturated carbocycles. The molecule has 3 nitrogen and oxygen atoms in total. The Labute approximate surface area is 90.7 Å². The van der Waals surface area contributed by atoms with E-state index in [1.54, 1.807) is 12.3 Å². The van der Waals surface area contributed by atoms with Crippen LogP contribution in [0.15, 0.2) is 18.3 Å². The predicted octanol–water partition coefficient (Wildman–Crippen LogP) is 2.16. The van der Waals surface area contributed by atoms with Gasteiger partial charge in [-0.2, -0.15) is 0 Å². The fraction of sp³-hybridized carbons (Fsp3) is 0.500. The lowest BCUT2D eigenvalue weighted by atomic mass is 9.83. The summed E-state index contributed by atoms with van der Waals surface area (Å²) in [6, 6.07) is 3.61. The fourth-order valence-electron chi connectivity index (χ4n) is 1.19. The van der Waals surface area contributed by atoms with Crippen molar-refractivity contribution < 1.29 is 4.79 Å². The Morgan fingerprint density at radius 3 is 2.53 bits per heavy atom. The Kier molecular flexibility index (Phi) is 3.58. The second-order valence-electron chi connectivity index (χ2n) is 4.32. The van der Waals surface area contributed by atoms with Crippen LogP contribution in [-0.4, -0.2) is 10.8 Å². The molecule has 82 valence electrons. The number of nitrogens with two attached hydrogens (primary N) is 1. The standard InChI is InChI=1S/C12H18N2O/c1-4-12(2,3)11(15)10-6-5-9(7-13)8-14-10/h5-6,8H,4,7,13H2,1-3H3. The molecule has 3 heteroatoms. The zero-order valence-corrected chi connectivity index (χ0v) is 9.58. The Morgan fingerprint density at radius 1 is 1.47 bits per heavy atom. The maximum atomic E-state index is 12.0. The number of carbonyl (C=O) groups is 1. The molecule has 1 rings (SSSR count). The quantitative estimate of drug-likeness (QED) is 0.768. The average molecular weight is 206 g/mol. The van der Waals surface area contributed by atoms with Crippen molar-refractivity contribution in [2.45, 2.75) is 33.7 Å². The fourth-order valence-corrected chi connectivity index (χ4v) is 1.19. The summed E-state index contributed by atoms with van der Waals surface area (Å²) >= 11 is 0. The Balaban J connectivity index is 2.92. The van der Waals surface area contributed by atoms with E-state index in [1.165, 1.54) is 0 Å². The molecule has 1 aromatic heterocycles. The van der Waals surface area contributed by atoms with Crippen molar-refractivity contribution in [2.75, 3.05) is 0 Å². The minimum atomic E-state index is -0.336. The van der Waals surface area contributed by atoms with Crippen LogP contribution in [0.5, 0.6) is 0 Å². The Bertz CT molecular complexity index is 341. The van der Waals surface area contributed by atoms with E-state index in [9.17, 15) is 4.79 Å². The average Bonchev–Trinajstić information content (AvgIpc) is 2.28. The van der Waals surface area contributed by atoms with Crippen molar-refractivity contribution in [3.05, 3.63) is 29.6 Å². The van der Waals surface area contributed by atoms with Gasteiger partial charge in [-0.05, 0) is 18.1 Å².